The summed E-state index contributed by atoms with van der Waals surface area (Å²) in [5, 5.41) is 15.3. The van der Waals surface area contributed by atoms with Crippen molar-refractivity contribution in [3.63, 3.8) is 0 Å². The van der Waals surface area contributed by atoms with E-state index < -0.39 is 5.97 Å². The van der Waals surface area contributed by atoms with Gasteiger partial charge in [0.2, 0.25) is 5.91 Å². The van der Waals surface area contributed by atoms with Gasteiger partial charge in [0.25, 0.3) is 0 Å². The predicted molar refractivity (Wildman–Crippen MR) is 102 cm³/mol. The van der Waals surface area contributed by atoms with E-state index in [4.69, 9.17) is 21.4 Å². The van der Waals surface area contributed by atoms with E-state index in [2.05, 4.69) is 5.10 Å². The quantitative estimate of drug-likeness (QED) is 0.816. The average Bonchev–Trinajstić information content (AvgIpc) is 3.11. The van der Waals surface area contributed by atoms with Crippen LogP contribution in [-0.2, 0) is 9.59 Å². The lowest BCUT2D eigenvalue weighted by atomic mass is 9.97. The minimum Gasteiger partial charge on any atom is -0.496 e. The summed E-state index contributed by atoms with van der Waals surface area (Å²) in [4.78, 5) is 23.5. The molecule has 0 saturated heterocycles. The third kappa shape index (κ3) is 4.28. The fraction of sp³-hybridized carbons (Fsp3) is 0.250. The van der Waals surface area contributed by atoms with Gasteiger partial charge in [-0.3, -0.25) is 9.59 Å². The molecule has 0 spiro atoms. The highest BCUT2D eigenvalue weighted by Gasteiger charge is 2.34. The van der Waals surface area contributed by atoms with E-state index in [-0.39, 0.29) is 24.8 Å². The zero-order valence-corrected chi connectivity index (χ0v) is 15.5. The summed E-state index contributed by atoms with van der Waals surface area (Å²) in [6.45, 7) is 0. The molecule has 0 aliphatic carbocycles. The van der Waals surface area contributed by atoms with Gasteiger partial charge in [0.05, 0.1) is 25.3 Å². The summed E-state index contributed by atoms with van der Waals surface area (Å²) < 4.78 is 5.44. The van der Waals surface area contributed by atoms with Crippen LogP contribution in [0.2, 0.25) is 5.02 Å². The number of aliphatic carboxylic acids is 1. The van der Waals surface area contributed by atoms with Gasteiger partial charge in [0, 0.05) is 23.4 Å². The summed E-state index contributed by atoms with van der Waals surface area (Å²) in [5.41, 5.74) is 2.37. The molecule has 6 nitrogen and oxygen atoms in total. The van der Waals surface area contributed by atoms with Crippen molar-refractivity contribution in [1.82, 2.24) is 5.01 Å². The van der Waals surface area contributed by atoms with Gasteiger partial charge >= 0.3 is 5.97 Å². The average molecular weight is 387 g/mol. The molecule has 1 atom stereocenters. The molecule has 0 radical (unpaired) electrons. The van der Waals surface area contributed by atoms with Gasteiger partial charge < -0.3 is 9.84 Å². The highest BCUT2D eigenvalue weighted by molar-refractivity contribution is 6.31. The van der Waals surface area contributed by atoms with Crippen LogP contribution >= 0.6 is 11.6 Å². The molecule has 1 amide bonds. The van der Waals surface area contributed by atoms with Crippen molar-refractivity contribution in [3.05, 3.63) is 64.7 Å². The number of carboxylic acid groups (broad SMARTS) is 1. The van der Waals surface area contributed by atoms with Crippen molar-refractivity contribution in [2.24, 2.45) is 5.10 Å². The second kappa shape index (κ2) is 8.22. The van der Waals surface area contributed by atoms with Crippen LogP contribution in [-0.4, -0.2) is 34.8 Å². The maximum absolute atomic E-state index is 12.7. The maximum Gasteiger partial charge on any atom is 0.303 e. The zero-order valence-electron chi connectivity index (χ0n) is 14.8. The summed E-state index contributed by atoms with van der Waals surface area (Å²) in [5.74, 6) is -0.707. The number of methoxy groups -OCH3 is 1. The Balaban J connectivity index is 1.96. The van der Waals surface area contributed by atoms with Gasteiger partial charge in [-0.2, -0.15) is 5.10 Å². The van der Waals surface area contributed by atoms with E-state index in [0.717, 1.165) is 16.8 Å². The molecule has 1 N–H and O–H groups in total. The summed E-state index contributed by atoms with van der Waals surface area (Å²) in [6, 6.07) is 14.4. The molecule has 2 aromatic carbocycles. The molecule has 0 saturated carbocycles. The third-order valence-electron chi connectivity index (χ3n) is 4.37. The Morgan fingerprint density at radius 3 is 2.70 bits per heavy atom. The molecule has 3 rings (SSSR count). The Morgan fingerprint density at radius 1 is 1.22 bits per heavy atom. The number of nitrogens with zero attached hydrogens (tertiary/aromatic N) is 2. The Kier molecular flexibility index (Phi) is 5.76. The first kappa shape index (κ1) is 18.9. The summed E-state index contributed by atoms with van der Waals surface area (Å²) in [6.07, 6.45) is 0.128. The topological polar surface area (TPSA) is 79.2 Å². The molecule has 2 aromatic rings. The molecule has 140 valence electrons. The first-order valence-corrected chi connectivity index (χ1v) is 8.87. The summed E-state index contributed by atoms with van der Waals surface area (Å²) >= 11 is 6.09. The normalized spacial score (nSPS) is 16.1. The number of hydrazone groups is 1. The standard InChI is InChI=1S/C20H19ClN2O4/c1-27-18-8-3-2-7-15(18)17-12-16(13-5-4-6-14(21)11-13)22-23(17)19(24)9-10-20(25)26/h2-8,11,17H,9-10,12H2,1H3,(H,25,26). The number of carboxylic acids is 1. The van der Waals surface area contributed by atoms with Gasteiger partial charge in [-0.15, -0.1) is 0 Å². The Bertz CT molecular complexity index is 897. The van der Waals surface area contributed by atoms with Crippen molar-refractivity contribution < 1.29 is 19.4 Å². The minimum absolute atomic E-state index is 0.118. The number of rotatable bonds is 6. The number of carbonyl (C=O) groups excluding carboxylic acids is 1. The number of para-hydroxylation sites is 1. The zero-order chi connectivity index (χ0) is 19.4. The highest BCUT2D eigenvalue weighted by Crippen LogP contribution is 2.38. The van der Waals surface area contributed by atoms with Crippen LogP contribution in [0, 0.1) is 0 Å². The van der Waals surface area contributed by atoms with Crippen molar-refractivity contribution in [1.29, 1.82) is 0 Å². The van der Waals surface area contributed by atoms with Gasteiger partial charge in [-0.1, -0.05) is 41.9 Å². The fourth-order valence-electron chi connectivity index (χ4n) is 3.10. The Morgan fingerprint density at radius 2 is 2.00 bits per heavy atom. The van der Waals surface area contributed by atoms with E-state index in [1.165, 1.54) is 5.01 Å². The largest absolute Gasteiger partial charge is 0.496 e. The van der Waals surface area contributed by atoms with Gasteiger partial charge in [-0.05, 0) is 23.8 Å². The van der Waals surface area contributed by atoms with Gasteiger partial charge in [0.15, 0.2) is 0 Å². The van der Waals surface area contributed by atoms with Crippen molar-refractivity contribution in [2.45, 2.75) is 25.3 Å². The van der Waals surface area contributed by atoms with Crippen LogP contribution in [0.1, 0.15) is 36.4 Å². The van der Waals surface area contributed by atoms with E-state index in [1.807, 2.05) is 36.4 Å². The molecular formula is C20H19ClN2O4. The first-order valence-electron chi connectivity index (χ1n) is 8.49. The second-order valence-electron chi connectivity index (χ2n) is 6.15. The fourth-order valence-corrected chi connectivity index (χ4v) is 3.29. The molecule has 1 heterocycles. The predicted octanol–water partition coefficient (Wildman–Crippen LogP) is 3.89. The van der Waals surface area contributed by atoms with Crippen molar-refractivity contribution in [3.8, 4) is 5.75 Å². The number of benzene rings is 2. The van der Waals surface area contributed by atoms with Crippen molar-refractivity contribution >= 4 is 29.2 Å². The number of halogens is 1. The maximum atomic E-state index is 12.7. The minimum atomic E-state index is -1.02. The lowest BCUT2D eigenvalue weighted by Gasteiger charge is -2.23. The number of hydrogen-bond donors (Lipinski definition) is 1. The lowest BCUT2D eigenvalue weighted by molar-refractivity contribution is -0.141. The van der Waals surface area contributed by atoms with Crippen LogP contribution in [0.15, 0.2) is 53.6 Å². The van der Waals surface area contributed by atoms with Crippen molar-refractivity contribution in [2.75, 3.05) is 7.11 Å². The molecule has 1 aliphatic rings. The summed E-state index contributed by atoms with van der Waals surface area (Å²) in [7, 11) is 1.57. The molecule has 1 unspecified atom stereocenters. The number of ether oxygens (including phenoxy) is 1. The highest BCUT2D eigenvalue weighted by atomic mass is 35.5. The number of amides is 1. The smallest absolute Gasteiger partial charge is 0.303 e. The SMILES string of the molecule is COc1ccccc1C1CC(c2cccc(Cl)c2)=NN1C(=O)CCC(=O)O. The van der Waals surface area contributed by atoms with Gasteiger partial charge in [0.1, 0.15) is 5.75 Å². The van der Waals surface area contributed by atoms with Crippen LogP contribution in [0.25, 0.3) is 0 Å². The molecule has 27 heavy (non-hydrogen) atoms. The second-order valence-corrected chi connectivity index (χ2v) is 6.59. The number of hydrogen-bond acceptors (Lipinski definition) is 4. The molecule has 0 fully saturated rings. The van der Waals surface area contributed by atoms with E-state index >= 15 is 0 Å². The molecule has 0 bridgehead atoms. The number of carbonyl (C=O) groups is 2. The molecular weight excluding hydrogens is 368 g/mol. The van der Waals surface area contributed by atoms with Crippen LogP contribution < -0.4 is 4.74 Å². The van der Waals surface area contributed by atoms with Crippen LogP contribution in [0.3, 0.4) is 0 Å². The van der Waals surface area contributed by atoms with E-state index in [1.54, 1.807) is 19.2 Å². The van der Waals surface area contributed by atoms with Crippen LogP contribution in [0.4, 0.5) is 0 Å². The molecule has 0 aromatic heterocycles. The first-order chi connectivity index (χ1) is 13.0. The molecule has 7 heteroatoms. The Hall–Kier alpha value is -2.86. The lowest BCUT2D eigenvalue weighted by Crippen LogP contribution is -2.27. The van der Waals surface area contributed by atoms with Gasteiger partial charge in [-0.25, -0.2) is 5.01 Å². The molecule has 1 aliphatic heterocycles. The van der Waals surface area contributed by atoms with Crippen LogP contribution in [0.5, 0.6) is 5.75 Å². The Labute approximate surface area is 162 Å². The third-order valence-corrected chi connectivity index (χ3v) is 4.61. The van der Waals surface area contributed by atoms with E-state index in [0.29, 0.717) is 17.2 Å². The monoisotopic (exact) mass is 386 g/mol. The van der Waals surface area contributed by atoms with E-state index in [9.17, 15) is 9.59 Å².